The van der Waals surface area contributed by atoms with Gasteiger partial charge < -0.3 is 91.9 Å². The molecule has 0 aliphatic heterocycles. The predicted octanol–water partition coefficient (Wildman–Crippen LogP) is -8.06. The van der Waals surface area contributed by atoms with Gasteiger partial charge in [-0.2, -0.15) is 0 Å². The van der Waals surface area contributed by atoms with E-state index in [0.717, 1.165) is 0 Å². The van der Waals surface area contributed by atoms with Crippen molar-refractivity contribution in [2.75, 3.05) is 66.1 Å². The fourth-order valence-electron chi connectivity index (χ4n) is 1.04. The molecule has 0 aromatic rings. The van der Waals surface area contributed by atoms with Gasteiger partial charge in [0, 0.05) is 0 Å². The maximum Gasteiger partial charge on any atom is 0.118 e. The summed E-state index contributed by atoms with van der Waals surface area (Å²) in [6.07, 6.45) is -4.77. The molecule has 0 saturated heterocycles. The molecule has 0 aliphatic carbocycles. The number of hydrogen-bond acceptors (Lipinski definition) is 18. The van der Waals surface area contributed by atoms with E-state index in [1.807, 2.05) is 0 Å². The molecule has 41 heavy (non-hydrogen) atoms. The highest BCUT2D eigenvalue weighted by Crippen LogP contribution is 2.31. The lowest BCUT2D eigenvalue weighted by Gasteiger charge is -2.44. The van der Waals surface area contributed by atoms with Crippen LogP contribution in [0.15, 0.2) is 0 Å². The second-order valence-corrected chi connectivity index (χ2v) is 9.29. The number of hydrogen-bond donors (Lipinski definition) is 18. The van der Waals surface area contributed by atoms with Gasteiger partial charge in [0.05, 0.1) is 77.3 Å². The molecule has 0 rings (SSSR count). The minimum atomic E-state index is -1.51. The standard InChI is InChI=1S/C8H18O3.5C3H8O3/c1-6(2,9)8(5,11)7(3,4)10;5*4-1-3(6)2-5/h9-11H,1-5H3;5*3-6H,1-2H2. The molecule has 0 radical (unpaired) electrons. The maximum atomic E-state index is 9.69. The molecule has 0 amide bonds. The summed E-state index contributed by atoms with van der Waals surface area (Å²) in [5, 5.41) is 149. The zero-order chi connectivity index (χ0) is 34.5. The molecule has 0 bridgehead atoms. The smallest absolute Gasteiger partial charge is 0.118 e. The highest BCUT2D eigenvalue weighted by Gasteiger charge is 2.48. The van der Waals surface area contributed by atoms with E-state index >= 15 is 0 Å². The molecule has 18 nitrogen and oxygen atoms in total. The van der Waals surface area contributed by atoms with Crippen molar-refractivity contribution >= 4 is 0 Å². The summed E-state index contributed by atoms with van der Waals surface area (Å²) in [6.45, 7) is 3.62. The fourth-order valence-corrected chi connectivity index (χ4v) is 1.04. The van der Waals surface area contributed by atoms with Crippen molar-refractivity contribution in [3.8, 4) is 0 Å². The molecule has 258 valence electrons. The summed E-state index contributed by atoms with van der Waals surface area (Å²) >= 11 is 0. The van der Waals surface area contributed by atoms with E-state index in [4.69, 9.17) is 76.6 Å². The minimum absolute atomic E-state index is 0.365. The summed E-state index contributed by atoms with van der Waals surface area (Å²) in [7, 11) is 0. The normalized spacial score (nSPS) is 11.4. The Morgan fingerprint density at radius 1 is 0.317 bits per heavy atom. The van der Waals surface area contributed by atoms with Crippen LogP contribution in [0, 0.1) is 0 Å². The number of rotatable bonds is 12. The largest absolute Gasteiger partial charge is 0.394 e. The Balaban J connectivity index is -0.0000000917. The highest BCUT2D eigenvalue weighted by atomic mass is 16.4. The molecule has 0 fully saturated rings. The Bertz CT molecular complexity index is 390. The lowest BCUT2D eigenvalue weighted by Crippen LogP contribution is -2.61. The second kappa shape index (κ2) is 32.2. The summed E-state index contributed by atoms with van der Waals surface area (Å²) < 4.78 is 0. The van der Waals surface area contributed by atoms with Crippen molar-refractivity contribution in [1.82, 2.24) is 0 Å². The van der Waals surface area contributed by atoms with Crippen LogP contribution in [0.1, 0.15) is 34.6 Å². The topological polar surface area (TPSA) is 364 Å². The first-order valence-electron chi connectivity index (χ1n) is 12.2. The van der Waals surface area contributed by atoms with Gasteiger partial charge >= 0.3 is 0 Å². The Morgan fingerprint density at radius 2 is 0.415 bits per heavy atom. The van der Waals surface area contributed by atoms with Gasteiger partial charge in [0.25, 0.3) is 0 Å². The molecule has 0 aromatic carbocycles. The maximum absolute atomic E-state index is 9.69. The molecule has 0 spiro atoms. The molecule has 0 heterocycles. The SMILES string of the molecule is CC(C)(O)C(C)(O)C(C)(C)O.OCC(O)CO.OCC(O)CO.OCC(O)CO.OCC(O)CO.OCC(O)CO. The van der Waals surface area contributed by atoms with Gasteiger partial charge in [0.15, 0.2) is 0 Å². The third-order valence-electron chi connectivity index (χ3n) is 4.49. The first kappa shape index (κ1) is 52.9. The zero-order valence-electron chi connectivity index (χ0n) is 24.5. The molecule has 0 saturated carbocycles. The summed E-state index contributed by atoms with van der Waals surface area (Å²) in [5.74, 6) is 0. The van der Waals surface area contributed by atoms with Crippen molar-refractivity contribution < 1.29 is 91.9 Å². The van der Waals surface area contributed by atoms with E-state index < -0.39 is 47.3 Å². The van der Waals surface area contributed by atoms with Gasteiger partial charge in [-0.3, -0.25) is 0 Å². The second-order valence-electron chi connectivity index (χ2n) is 9.29. The van der Waals surface area contributed by atoms with Gasteiger partial charge in [0.1, 0.15) is 36.1 Å². The zero-order valence-corrected chi connectivity index (χ0v) is 24.5. The van der Waals surface area contributed by atoms with Crippen LogP contribution in [-0.2, 0) is 0 Å². The van der Waals surface area contributed by atoms with Crippen molar-refractivity contribution in [1.29, 1.82) is 0 Å². The van der Waals surface area contributed by atoms with E-state index in [1.54, 1.807) is 0 Å². The van der Waals surface area contributed by atoms with Gasteiger partial charge in [-0.25, -0.2) is 0 Å². The Hall–Kier alpha value is -0.720. The van der Waals surface area contributed by atoms with Crippen LogP contribution in [0.5, 0.6) is 0 Å². The number of aliphatic hydroxyl groups is 18. The van der Waals surface area contributed by atoms with Crippen LogP contribution >= 0.6 is 0 Å². The summed E-state index contributed by atoms with van der Waals surface area (Å²) in [4.78, 5) is 0. The van der Waals surface area contributed by atoms with Crippen molar-refractivity contribution in [2.24, 2.45) is 0 Å². The number of aliphatic hydroxyl groups excluding tert-OH is 15. The Labute approximate surface area is 240 Å². The molecular formula is C23H58O18. The monoisotopic (exact) mass is 622 g/mol. The van der Waals surface area contributed by atoms with Crippen molar-refractivity contribution in [3.63, 3.8) is 0 Å². The van der Waals surface area contributed by atoms with Crippen molar-refractivity contribution in [2.45, 2.75) is 81.9 Å². The van der Waals surface area contributed by atoms with Gasteiger partial charge in [-0.1, -0.05) is 0 Å². The summed E-state index contributed by atoms with van der Waals surface area (Å²) in [6, 6.07) is 0. The first-order chi connectivity index (χ1) is 18.5. The van der Waals surface area contributed by atoms with E-state index in [0.29, 0.717) is 0 Å². The van der Waals surface area contributed by atoms with E-state index in [2.05, 4.69) is 0 Å². The lowest BCUT2D eigenvalue weighted by molar-refractivity contribution is -0.211. The lowest BCUT2D eigenvalue weighted by atomic mass is 9.76. The first-order valence-corrected chi connectivity index (χ1v) is 12.2. The summed E-state index contributed by atoms with van der Waals surface area (Å²) in [5.41, 5.74) is -4.14. The highest BCUT2D eigenvalue weighted by molar-refractivity contribution is 5.00. The van der Waals surface area contributed by atoms with Crippen LogP contribution < -0.4 is 0 Å². The Morgan fingerprint density at radius 3 is 0.415 bits per heavy atom. The van der Waals surface area contributed by atoms with Crippen LogP contribution in [0.3, 0.4) is 0 Å². The van der Waals surface area contributed by atoms with Gasteiger partial charge in [-0.05, 0) is 34.6 Å². The van der Waals surface area contributed by atoms with E-state index in [1.165, 1.54) is 34.6 Å². The minimum Gasteiger partial charge on any atom is -0.394 e. The van der Waals surface area contributed by atoms with Crippen LogP contribution in [0.4, 0.5) is 0 Å². The molecule has 0 aliphatic rings. The fraction of sp³-hybridized carbons (Fsp3) is 1.00. The molecule has 0 aromatic heterocycles. The third-order valence-corrected chi connectivity index (χ3v) is 4.49. The van der Waals surface area contributed by atoms with Crippen molar-refractivity contribution in [3.05, 3.63) is 0 Å². The molecular weight excluding hydrogens is 564 g/mol. The van der Waals surface area contributed by atoms with Crippen LogP contribution in [0.2, 0.25) is 0 Å². The molecule has 0 atom stereocenters. The third kappa shape index (κ3) is 39.3. The van der Waals surface area contributed by atoms with Gasteiger partial charge in [-0.15, -0.1) is 0 Å². The molecule has 18 N–H and O–H groups in total. The van der Waals surface area contributed by atoms with Gasteiger partial charge in [0.2, 0.25) is 0 Å². The molecule has 18 heteroatoms. The van der Waals surface area contributed by atoms with Crippen LogP contribution in [-0.4, -0.2) is 205 Å². The van der Waals surface area contributed by atoms with E-state index in [9.17, 15) is 15.3 Å². The quantitative estimate of drug-likeness (QED) is 0.0960. The molecule has 0 unspecified atom stereocenters. The predicted molar refractivity (Wildman–Crippen MR) is 144 cm³/mol. The average molecular weight is 623 g/mol. The average Bonchev–Trinajstić information content (AvgIpc) is 2.95. The Kier molecular flexibility index (Phi) is 41.5. The van der Waals surface area contributed by atoms with Crippen LogP contribution in [0.25, 0.3) is 0 Å². The van der Waals surface area contributed by atoms with E-state index in [-0.39, 0.29) is 66.1 Å².